The van der Waals surface area contributed by atoms with Gasteiger partial charge < -0.3 is 29.7 Å². The predicted molar refractivity (Wildman–Crippen MR) is 197 cm³/mol. The van der Waals surface area contributed by atoms with Gasteiger partial charge in [-0.3, -0.25) is 9.59 Å². The van der Waals surface area contributed by atoms with Crippen LogP contribution in [0.5, 0.6) is 0 Å². The van der Waals surface area contributed by atoms with Crippen LogP contribution in [0.4, 0.5) is 24.5 Å². The van der Waals surface area contributed by atoms with Crippen molar-refractivity contribution in [1.29, 1.82) is 0 Å². The molecule has 7 rings (SSSR count). The Bertz CT molecular complexity index is 1910. The average molecular weight is 716 g/mol. The molecule has 2 N–H and O–H groups in total. The second kappa shape index (κ2) is 13.9. The number of piperidine rings is 1. The van der Waals surface area contributed by atoms with Crippen molar-refractivity contribution in [1.82, 2.24) is 14.8 Å². The highest BCUT2D eigenvalue weighted by molar-refractivity contribution is 6.01. The van der Waals surface area contributed by atoms with E-state index in [2.05, 4.69) is 53.0 Å². The van der Waals surface area contributed by atoms with Crippen molar-refractivity contribution in [3.63, 3.8) is 0 Å². The standard InChI is InChI=1S/C41H48F3N5O3/c1-27-36(32-7-5-6-8-34(32)45-27)37-33(39(37,2)3)25-35(50)49(26-28-9-11-29(12-10-28)41(42,43)44)40(17-19-47(4)20-18-40)38(51)46-30-13-15-31(16-14-30)48-21-23-52-24-22-48/h5-16,33,37,45H,17-26H2,1-4H3,(H,46,51)/t33-,37-/m1/s1. The molecule has 2 aliphatic heterocycles. The van der Waals surface area contributed by atoms with Crippen LogP contribution in [0.1, 0.15) is 61.4 Å². The van der Waals surface area contributed by atoms with Crippen LogP contribution in [-0.4, -0.2) is 78.6 Å². The van der Waals surface area contributed by atoms with E-state index in [0.29, 0.717) is 50.4 Å². The number of hydrogen-bond acceptors (Lipinski definition) is 5. The van der Waals surface area contributed by atoms with E-state index in [1.165, 1.54) is 17.7 Å². The molecule has 11 heteroatoms. The summed E-state index contributed by atoms with van der Waals surface area (Å²) in [5, 5.41) is 4.30. The van der Waals surface area contributed by atoms with E-state index in [9.17, 15) is 22.8 Å². The maximum Gasteiger partial charge on any atom is 0.416 e. The molecule has 0 spiro atoms. The van der Waals surface area contributed by atoms with Crippen LogP contribution < -0.4 is 10.2 Å². The summed E-state index contributed by atoms with van der Waals surface area (Å²) in [6, 6.07) is 20.9. The Morgan fingerprint density at radius 3 is 2.25 bits per heavy atom. The highest BCUT2D eigenvalue weighted by Gasteiger charge is 2.60. The van der Waals surface area contributed by atoms with Crippen molar-refractivity contribution in [2.24, 2.45) is 11.3 Å². The van der Waals surface area contributed by atoms with Gasteiger partial charge in [0.1, 0.15) is 5.54 Å². The number of ether oxygens (including phenoxy) is 1. The monoisotopic (exact) mass is 715 g/mol. The lowest BCUT2D eigenvalue weighted by atomic mass is 9.83. The quantitative estimate of drug-likeness (QED) is 0.187. The number of morpholine rings is 1. The lowest BCUT2D eigenvalue weighted by molar-refractivity contribution is -0.150. The van der Waals surface area contributed by atoms with Crippen molar-refractivity contribution in [2.45, 2.75) is 64.2 Å². The number of halogens is 3. The number of carbonyl (C=O) groups excluding carboxylic acids is 2. The van der Waals surface area contributed by atoms with Crippen LogP contribution in [0.2, 0.25) is 0 Å². The molecular weight excluding hydrogens is 667 g/mol. The Balaban J connectivity index is 1.20. The van der Waals surface area contributed by atoms with Gasteiger partial charge in [0.2, 0.25) is 11.8 Å². The molecule has 2 atom stereocenters. The van der Waals surface area contributed by atoms with E-state index in [4.69, 9.17) is 4.74 Å². The first-order chi connectivity index (χ1) is 24.8. The molecule has 3 fully saturated rings. The lowest BCUT2D eigenvalue weighted by Gasteiger charge is -2.47. The van der Waals surface area contributed by atoms with Crippen LogP contribution in [0.15, 0.2) is 72.8 Å². The fraction of sp³-hybridized carbons (Fsp3) is 0.463. The number of benzene rings is 3. The Morgan fingerprint density at radius 2 is 1.60 bits per heavy atom. The van der Waals surface area contributed by atoms with Crippen molar-refractivity contribution in [3.8, 4) is 0 Å². The number of aromatic amines is 1. The molecule has 3 aromatic carbocycles. The third-order valence-electron chi connectivity index (χ3n) is 11.9. The smallest absolute Gasteiger partial charge is 0.378 e. The Morgan fingerprint density at radius 1 is 0.942 bits per heavy atom. The van der Waals surface area contributed by atoms with E-state index >= 15 is 0 Å². The molecule has 52 heavy (non-hydrogen) atoms. The van der Waals surface area contributed by atoms with Gasteiger partial charge in [-0.2, -0.15) is 13.2 Å². The van der Waals surface area contributed by atoms with Gasteiger partial charge in [-0.15, -0.1) is 0 Å². The molecule has 4 aromatic rings. The normalized spacial score (nSPS) is 21.6. The molecule has 2 saturated heterocycles. The number of H-pyrrole nitrogens is 1. The third-order valence-corrected chi connectivity index (χ3v) is 11.9. The number of anilines is 2. The minimum atomic E-state index is -4.48. The summed E-state index contributed by atoms with van der Waals surface area (Å²) in [5.74, 6) is -0.292. The Hall–Kier alpha value is -4.35. The highest BCUT2D eigenvalue weighted by Crippen LogP contribution is 2.67. The van der Waals surface area contributed by atoms with E-state index in [1.807, 2.05) is 43.4 Å². The second-order valence-corrected chi connectivity index (χ2v) is 15.4. The largest absolute Gasteiger partial charge is 0.416 e. The summed E-state index contributed by atoms with van der Waals surface area (Å²) in [5.41, 5.74) is 3.45. The van der Waals surface area contributed by atoms with Crippen molar-refractivity contribution < 1.29 is 27.5 Å². The van der Waals surface area contributed by atoms with Gasteiger partial charge in [0.15, 0.2) is 0 Å². The number of likely N-dealkylation sites (tertiary alicyclic amines) is 1. The first kappa shape index (κ1) is 36.0. The predicted octanol–water partition coefficient (Wildman–Crippen LogP) is 7.59. The molecule has 0 unspecified atom stereocenters. The van der Waals surface area contributed by atoms with Crippen LogP contribution in [0, 0.1) is 18.3 Å². The molecule has 276 valence electrons. The molecule has 2 amide bonds. The van der Waals surface area contributed by atoms with Gasteiger partial charge in [-0.1, -0.05) is 44.2 Å². The van der Waals surface area contributed by atoms with Gasteiger partial charge >= 0.3 is 6.18 Å². The number of amides is 2. The molecular formula is C41H48F3N5O3. The van der Waals surface area contributed by atoms with E-state index in [0.717, 1.165) is 47.5 Å². The molecule has 0 bridgehead atoms. The minimum absolute atomic E-state index is 0.0205. The van der Waals surface area contributed by atoms with Crippen LogP contribution in [0.25, 0.3) is 10.9 Å². The van der Waals surface area contributed by atoms with Crippen LogP contribution in [-0.2, 0) is 27.0 Å². The fourth-order valence-electron chi connectivity index (χ4n) is 8.59. The van der Waals surface area contributed by atoms with Crippen LogP contribution in [0.3, 0.4) is 0 Å². The number of nitrogens with one attached hydrogen (secondary N) is 2. The highest BCUT2D eigenvalue weighted by atomic mass is 19.4. The van der Waals surface area contributed by atoms with Crippen molar-refractivity contribution in [2.75, 3.05) is 56.7 Å². The number of alkyl halides is 3. The van der Waals surface area contributed by atoms with Crippen LogP contribution >= 0.6 is 0 Å². The number of carbonyl (C=O) groups is 2. The SMILES string of the molecule is Cc1[nH]c2ccccc2c1[C@H]1[C@@H](CC(=O)N(Cc2ccc(C(F)(F)F)cc2)C2(C(=O)Nc3ccc(N4CCOCC4)cc3)CCN(C)CC2)C1(C)C. The number of fused-ring (bicyclic) bond motifs is 1. The average Bonchev–Trinajstić information content (AvgIpc) is 3.47. The number of aromatic nitrogens is 1. The van der Waals surface area contributed by atoms with Gasteiger partial charge in [0, 0.05) is 67.1 Å². The third kappa shape index (κ3) is 6.92. The molecule has 8 nitrogen and oxygen atoms in total. The molecule has 1 aliphatic carbocycles. The zero-order valence-electron chi connectivity index (χ0n) is 30.4. The number of hydrogen-bond donors (Lipinski definition) is 2. The zero-order valence-corrected chi connectivity index (χ0v) is 30.4. The fourth-order valence-corrected chi connectivity index (χ4v) is 8.59. The summed E-state index contributed by atoms with van der Waals surface area (Å²) in [7, 11) is 2.00. The molecule has 1 aromatic heterocycles. The second-order valence-electron chi connectivity index (χ2n) is 15.4. The molecule has 3 aliphatic rings. The molecule has 3 heterocycles. The van der Waals surface area contributed by atoms with E-state index < -0.39 is 17.3 Å². The van der Waals surface area contributed by atoms with Gasteiger partial charge in [-0.05, 0) is 97.7 Å². The number of para-hydroxylation sites is 1. The first-order valence-corrected chi connectivity index (χ1v) is 18.2. The van der Waals surface area contributed by atoms with Crippen molar-refractivity contribution >= 4 is 34.1 Å². The Kier molecular flexibility index (Phi) is 9.63. The maximum absolute atomic E-state index is 14.9. The first-order valence-electron chi connectivity index (χ1n) is 18.2. The molecule has 0 radical (unpaired) electrons. The van der Waals surface area contributed by atoms with Gasteiger partial charge in [0.05, 0.1) is 18.8 Å². The van der Waals surface area contributed by atoms with E-state index in [1.54, 1.807) is 4.90 Å². The van der Waals surface area contributed by atoms with Crippen molar-refractivity contribution in [3.05, 3.63) is 95.2 Å². The van der Waals surface area contributed by atoms with E-state index in [-0.39, 0.29) is 42.0 Å². The molecule has 1 saturated carbocycles. The summed E-state index contributed by atoms with van der Waals surface area (Å²) in [4.78, 5) is 39.1. The summed E-state index contributed by atoms with van der Waals surface area (Å²) >= 11 is 0. The summed E-state index contributed by atoms with van der Waals surface area (Å²) < 4.78 is 46.0. The number of rotatable bonds is 9. The summed E-state index contributed by atoms with van der Waals surface area (Å²) in [6.45, 7) is 10.6. The number of nitrogens with zero attached hydrogens (tertiary/aromatic N) is 3. The zero-order chi connectivity index (χ0) is 36.8. The van der Waals surface area contributed by atoms with Gasteiger partial charge in [-0.25, -0.2) is 0 Å². The maximum atomic E-state index is 14.9. The summed E-state index contributed by atoms with van der Waals surface area (Å²) in [6.07, 6.45) is -3.47. The number of aryl methyl sites for hydroxylation is 1. The topological polar surface area (TPSA) is 80.9 Å². The van der Waals surface area contributed by atoms with Gasteiger partial charge in [0.25, 0.3) is 0 Å². The Labute approximate surface area is 303 Å². The lowest BCUT2D eigenvalue weighted by Crippen LogP contribution is -2.62. The minimum Gasteiger partial charge on any atom is -0.378 e.